The third kappa shape index (κ3) is 1.20. The molecule has 1 N–H and O–H groups in total. The normalized spacial score (nSPS) is 35.1. The molecular formula is C11H14N2O. The van der Waals surface area contributed by atoms with Gasteiger partial charge in [0.1, 0.15) is 0 Å². The summed E-state index contributed by atoms with van der Waals surface area (Å²) >= 11 is 0. The van der Waals surface area contributed by atoms with E-state index >= 15 is 0 Å². The average molecular weight is 190 g/mol. The molecular weight excluding hydrogens is 176 g/mol. The lowest BCUT2D eigenvalue weighted by molar-refractivity contribution is 0.288. The van der Waals surface area contributed by atoms with Crippen molar-refractivity contribution in [3.8, 4) is 0 Å². The zero-order chi connectivity index (χ0) is 9.60. The maximum absolute atomic E-state index is 5.12. The van der Waals surface area contributed by atoms with Crippen LogP contribution >= 0.6 is 0 Å². The molecule has 2 aliphatic heterocycles. The van der Waals surface area contributed by atoms with Crippen LogP contribution in [0, 0.1) is 12.8 Å². The highest BCUT2D eigenvalue weighted by Gasteiger charge is 2.48. The molecule has 3 aliphatic rings. The Morgan fingerprint density at radius 3 is 3.07 bits per heavy atom. The highest BCUT2D eigenvalue weighted by atomic mass is 16.5. The zero-order valence-electron chi connectivity index (χ0n) is 8.29. The third-order valence-corrected chi connectivity index (χ3v) is 3.26. The van der Waals surface area contributed by atoms with Crippen LogP contribution in [0.5, 0.6) is 0 Å². The Labute approximate surface area is 83.2 Å². The van der Waals surface area contributed by atoms with E-state index in [0.717, 1.165) is 17.4 Å². The molecule has 0 aromatic carbocycles. The minimum atomic E-state index is 0.283. The molecule has 0 atom stereocenters. The van der Waals surface area contributed by atoms with E-state index in [9.17, 15) is 0 Å². The number of nitrogens with zero attached hydrogens (tertiary/aromatic N) is 1. The molecule has 3 fully saturated rings. The summed E-state index contributed by atoms with van der Waals surface area (Å²) in [6.45, 7) is 3.12. The predicted octanol–water partition coefficient (Wildman–Crippen LogP) is 1.75. The smallest absolute Gasteiger partial charge is 0.159 e. The van der Waals surface area contributed by atoms with Crippen molar-refractivity contribution in [2.24, 2.45) is 5.92 Å². The van der Waals surface area contributed by atoms with Gasteiger partial charge in [0.2, 0.25) is 0 Å². The van der Waals surface area contributed by atoms with Gasteiger partial charge in [0, 0.05) is 11.6 Å². The topological polar surface area (TPSA) is 38.1 Å². The predicted molar refractivity (Wildman–Crippen MR) is 53.7 cm³/mol. The molecule has 3 nitrogen and oxygen atoms in total. The van der Waals surface area contributed by atoms with Crippen molar-refractivity contribution in [2.75, 3.05) is 6.54 Å². The molecule has 1 saturated carbocycles. The Kier molecular flexibility index (Phi) is 1.59. The van der Waals surface area contributed by atoms with Crippen LogP contribution in [0.3, 0.4) is 0 Å². The van der Waals surface area contributed by atoms with E-state index in [4.69, 9.17) is 4.52 Å². The minimum Gasteiger partial charge on any atom is -0.357 e. The summed E-state index contributed by atoms with van der Waals surface area (Å²) in [7, 11) is 0. The largest absolute Gasteiger partial charge is 0.357 e. The summed E-state index contributed by atoms with van der Waals surface area (Å²) in [5, 5.41) is 7.39. The van der Waals surface area contributed by atoms with Crippen LogP contribution in [0.4, 0.5) is 0 Å². The van der Waals surface area contributed by atoms with Crippen LogP contribution in [-0.2, 0) is 0 Å². The van der Waals surface area contributed by atoms with Gasteiger partial charge in [0.15, 0.2) is 5.76 Å². The van der Waals surface area contributed by atoms with E-state index in [0.29, 0.717) is 0 Å². The lowest BCUT2D eigenvalue weighted by Crippen LogP contribution is -2.40. The van der Waals surface area contributed by atoms with Crippen molar-refractivity contribution >= 4 is 6.08 Å². The summed E-state index contributed by atoms with van der Waals surface area (Å²) in [5.41, 5.74) is 1.22. The summed E-state index contributed by atoms with van der Waals surface area (Å²) < 4.78 is 5.12. The number of hydrogen-bond donors (Lipinski definition) is 1. The lowest BCUT2D eigenvalue weighted by Gasteiger charge is -2.34. The number of aromatic nitrogens is 1. The van der Waals surface area contributed by atoms with Crippen molar-refractivity contribution in [2.45, 2.75) is 25.3 Å². The molecule has 1 aliphatic carbocycles. The second kappa shape index (κ2) is 2.70. The Balaban J connectivity index is 1.75. The Hall–Kier alpha value is -1.09. The van der Waals surface area contributed by atoms with Crippen molar-refractivity contribution in [1.82, 2.24) is 10.5 Å². The molecule has 1 aromatic rings. The highest BCUT2D eigenvalue weighted by molar-refractivity contribution is 5.46. The van der Waals surface area contributed by atoms with Gasteiger partial charge in [-0.25, -0.2) is 0 Å². The Morgan fingerprint density at radius 1 is 1.64 bits per heavy atom. The SMILES string of the molecule is Cc1cc(/C=C/C23CC(CN2)C3)on1. The molecule has 0 amide bonds. The second-order valence-corrected chi connectivity index (χ2v) is 4.52. The molecule has 14 heavy (non-hydrogen) atoms. The first kappa shape index (κ1) is 8.24. The fraction of sp³-hybridized carbons (Fsp3) is 0.545. The number of aryl methyl sites for hydroxylation is 1. The highest BCUT2D eigenvalue weighted by Crippen LogP contribution is 2.44. The molecule has 2 bridgehead atoms. The number of nitrogens with one attached hydrogen (secondary N) is 1. The standard InChI is InChI=1S/C11H14N2O/c1-8-4-10(14-13-8)2-3-11-5-9(6-11)7-12-11/h2-4,9,12H,5-7H2,1H3/b3-2+. The van der Waals surface area contributed by atoms with Crippen molar-refractivity contribution < 1.29 is 4.52 Å². The quantitative estimate of drug-likeness (QED) is 0.772. The zero-order valence-corrected chi connectivity index (χ0v) is 8.29. The van der Waals surface area contributed by atoms with E-state index in [-0.39, 0.29) is 5.54 Å². The third-order valence-electron chi connectivity index (χ3n) is 3.26. The van der Waals surface area contributed by atoms with Gasteiger partial charge in [-0.3, -0.25) is 0 Å². The summed E-state index contributed by atoms with van der Waals surface area (Å²) in [6, 6.07) is 1.96. The van der Waals surface area contributed by atoms with Crippen LogP contribution in [0.15, 0.2) is 16.7 Å². The molecule has 3 heterocycles. The molecule has 0 radical (unpaired) electrons. The van der Waals surface area contributed by atoms with Gasteiger partial charge in [-0.15, -0.1) is 0 Å². The van der Waals surface area contributed by atoms with Crippen molar-refractivity contribution in [3.63, 3.8) is 0 Å². The van der Waals surface area contributed by atoms with Gasteiger partial charge >= 0.3 is 0 Å². The minimum absolute atomic E-state index is 0.283. The number of rotatable bonds is 2. The molecule has 3 heteroatoms. The molecule has 4 rings (SSSR count). The van der Waals surface area contributed by atoms with Gasteiger partial charge in [-0.1, -0.05) is 11.2 Å². The summed E-state index contributed by atoms with van der Waals surface area (Å²) in [4.78, 5) is 0. The monoisotopic (exact) mass is 190 g/mol. The summed E-state index contributed by atoms with van der Waals surface area (Å²) in [5.74, 6) is 1.77. The van der Waals surface area contributed by atoms with Crippen LogP contribution in [0.1, 0.15) is 24.3 Å². The van der Waals surface area contributed by atoms with Gasteiger partial charge in [0.25, 0.3) is 0 Å². The Bertz CT molecular complexity index is 369. The fourth-order valence-corrected chi connectivity index (χ4v) is 2.51. The first-order chi connectivity index (χ1) is 6.76. The van der Waals surface area contributed by atoms with Gasteiger partial charge in [-0.05, 0) is 38.3 Å². The van der Waals surface area contributed by atoms with Crippen LogP contribution < -0.4 is 5.32 Å². The Morgan fingerprint density at radius 2 is 2.50 bits per heavy atom. The van der Waals surface area contributed by atoms with E-state index in [1.165, 1.54) is 19.4 Å². The maximum Gasteiger partial charge on any atom is 0.159 e. The first-order valence-corrected chi connectivity index (χ1v) is 5.13. The number of hydrogen-bond acceptors (Lipinski definition) is 3. The molecule has 2 saturated heterocycles. The molecule has 0 spiro atoms. The van der Waals surface area contributed by atoms with E-state index in [2.05, 4.69) is 16.5 Å². The lowest BCUT2D eigenvalue weighted by atomic mass is 9.73. The van der Waals surface area contributed by atoms with Gasteiger partial charge < -0.3 is 9.84 Å². The van der Waals surface area contributed by atoms with E-state index < -0.39 is 0 Å². The average Bonchev–Trinajstić information content (AvgIpc) is 2.73. The van der Waals surface area contributed by atoms with Crippen molar-refractivity contribution in [3.05, 3.63) is 23.6 Å². The molecule has 74 valence electrons. The van der Waals surface area contributed by atoms with Crippen LogP contribution in [0.25, 0.3) is 6.08 Å². The second-order valence-electron chi connectivity index (χ2n) is 4.52. The van der Waals surface area contributed by atoms with Gasteiger partial charge in [-0.2, -0.15) is 0 Å². The van der Waals surface area contributed by atoms with E-state index in [1.54, 1.807) is 0 Å². The number of fused-ring (bicyclic) bond motifs is 1. The fourth-order valence-electron chi connectivity index (χ4n) is 2.51. The maximum atomic E-state index is 5.12. The molecule has 1 aromatic heterocycles. The summed E-state index contributed by atoms with van der Waals surface area (Å²) in [6.07, 6.45) is 6.85. The van der Waals surface area contributed by atoms with Crippen molar-refractivity contribution in [1.29, 1.82) is 0 Å². The molecule has 0 unspecified atom stereocenters. The van der Waals surface area contributed by atoms with Crippen LogP contribution in [-0.4, -0.2) is 17.2 Å². The first-order valence-electron chi connectivity index (χ1n) is 5.13. The van der Waals surface area contributed by atoms with Gasteiger partial charge in [0.05, 0.1) is 5.69 Å². The van der Waals surface area contributed by atoms with E-state index in [1.807, 2.05) is 19.1 Å². The van der Waals surface area contributed by atoms with Crippen LogP contribution in [0.2, 0.25) is 0 Å².